The van der Waals surface area contributed by atoms with Gasteiger partial charge in [0.05, 0.1) is 12.0 Å². The normalized spacial score (nSPS) is 23.8. The Hall–Kier alpha value is -1.35. The van der Waals surface area contributed by atoms with Crippen molar-refractivity contribution < 1.29 is 9.90 Å². The third-order valence-corrected chi connectivity index (χ3v) is 5.49. The first-order valence-corrected chi connectivity index (χ1v) is 8.13. The van der Waals surface area contributed by atoms with Crippen LogP contribution in [0.3, 0.4) is 0 Å². The van der Waals surface area contributed by atoms with Gasteiger partial charge in [-0.1, -0.05) is 25.3 Å². The lowest BCUT2D eigenvalue weighted by molar-refractivity contribution is -0.116. The quantitative estimate of drug-likeness (QED) is 0.864. The lowest BCUT2D eigenvalue weighted by Gasteiger charge is -2.29. The van der Waals surface area contributed by atoms with Crippen molar-refractivity contribution >= 4 is 11.6 Å². The minimum absolute atomic E-state index is 0.0665. The van der Waals surface area contributed by atoms with Gasteiger partial charge >= 0.3 is 0 Å². The average Bonchev–Trinajstić information content (AvgIpc) is 2.79. The number of carbonyl (C=O) groups excluding carboxylic acids is 1. The van der Waals surface area contributed by atoms with Crippen LogP contribution in [-0.2, 0) is 4.79 Å². The van der Waals surface area contributed by atoms with E-state index in [0.29, 0.717) is 5.92 Å². The summed E-state index contributed by atoms with van der Waals surface area (Å²) in [5, 5.41) is 13.8. The molecule has 1 aromatic rings. The van der Waals surface area contributed by atoms with E-state index < -0.39 is 6.10 Å². The van der Waals surface area contributed by atoms with Crippen LogP contribution in [0, 0.1) is 19.8 Å². The van der Waals surface area contributed by atoms with E-state index in [4.69, 9.17) is 0 Å². The van der Waals surface area contributed by atoms with Gasteiger partial charge in [-0.05, 0) is 61.8 Å². The maximum Gasteiger partial charge on any atom is 0.231 e. The van der Waals surface area contributed by atoms with Crippen LogP contribution in [0.25, 0.3) is 0 Å². The highest BCUT2D eigenvalue weighted by Gasteiger charge is 2.32. The van der Waals surface area contributed by atoms with Crippen molar-refractivity contribution in [2.24, 2.45) is 5.92 Å². The number of benzene rings is 1. The summed E-state index contributed by atoms with van der Waals surface area (Å²) in [6.07, 6.45) is 5.58. The SMILES string of the molecule is Cc1c(C(O)C2CCCCC2)cc2c(c1C)NC(=O)C2C. The summed E-state index contributed by atoms with van der Waals surface area (Å²) in [6, 6.07) is 2.07. The molecule has 1 amide bonds. The molecule has 0 spiro atoms. The number of nitrogens with one attached hydrogen (secondary N) is 1. The minimum atomic E-state index is -0.391. The van der Waals surface area contributed by atoms with Crippen molar-refractivity contribution in [2.45, 2.75) is 64.9 Å². The summed E-state index contributed by atoms with van der Waals surface area (Å²) >= 11 is 0. The van der Waals surface area contributed by atoms with Crippen molar-refractivity contribution in [1.29, 1.82) is 0 Å². The number of fused-ring (bicyclic) bond motifs is 1. The molecule has 0 radical (unpaired) electrons. The van der Waals surface area contributed by atoms with Crippen LogP contribution >= 0.6 is 0 Å². The molecule has 0 saturated heterocycles. The summed E-state index contributed by atoms with van der Waals surface area (Å²) in [6.45, 7) is 6.04. The van der Waals surface area contributed by atoms with Gasteiger partial charge in [-0.2, -0.15) is 0 Å². The standard InChI is InChI=1S/C18H25NO2/c1-10-11(2)16-14(12(3)18(21)19-16)9-15(10)17(20)13-7-5-4-6-8-13/h9,12-13,17,20H,4-8H2,1-3H3,(H,19,21). The van der Waals surface area contributed by atoms with Gasteiger partial charge in [-0.3, -0.25) is 4.79 Å². The molecular formula is C18H25NO2. The second-order valence-corrected chi connectivity index (χ2v) is 6.73. The molecule has 1 aromatic carbocycles. The van der Waals surface area contributed by atoms with Crippen LogP contribution in [0.15, 0.2) is 6.07 Å². The first-order valence-electron chi connectivity index (χ1n) is 8.13. The van der Waals surface area contributed by atoms with Crippen LogP contribution in [0.1, 0.15) is 73.3 Å². The van der Waals surface area contributed by atoms with Gasteiger partial charge in [-0.15, -0.1) is 0 Å². The molecular weight excluding hydrogens is 262 g/mol. The third kappa shape index (κ3) is 2.38. The molecule has 3 rings (SSSR count). The van der Waals surface area contributed by atoms with Gasteiger partial charge in [0.1, 0.15) is 0 Å². The van der Waals surface area contributed by atoms with Crippen LogP contribution in [0.4, 0.5) is 5.69 Å². The molecule has 1 aliphatic heterocycles. The third-order valence-electron chi connectivity index (χ3n) is 5.49. The number of rotatable bonds is 2. The van der Waals surface area contributed by atoms with Crippen LogP contribution in [0.2, 0.25) is 0 Å². The van der Waals surface area contributed by atoms with Gasteiger partial charge < -0.3 is 10.4 Å². The molecule has 2 N–H and O–H groups in total. The topological polar surface area (TPSA) is 49.3 Å². The monoisotopic (exact) mass is 287 g/mol. The molecule has 1 heterocycles. The van der Waals surface area contributed by atoms with E-state index in [1.807, 2.05) is 13.8 Å². The molecule has 1 saturated carbocycles. The largest absolute Gasteiger partial charge is 0.388 e. The Morgan fingerprint density at radius 1 is 1.19 bits per heavy atom. The molecule has 0 aromatic heterocycles. The van der Waals surface area contributed by atoms with E-state index in [1.165, 1.54) is 19.3 Å². The van der Waals surface area contributed by atoms with E-state index >= 15 is 0 Å². The van der Waals surface area contributed by atoms with E-state index in [1.54, 1.807) is 0 Å². The predicted molar refractivity (Wildman–Crippen MR) is 84.5 cm³/mol. The number of anilines is 1. The Bertz CT molecular complexity index is 573. The second-order valence-electron chi connectivity index (χ2n) is 6.73. The maximum absolute atomic E-state index is 11.9. The highest BCUT2D eigenvalue weighted by Crippen LogP contribution is 2.42. The van der Waals surface area contributed by atoms with Crippen molar-refractivity contribution in [1.82, 2.24) is 0 Å². The molecule has 2 unspecified atom stereocenters. The van der Waals surface area contributed by atoms with E-state index in [-0.39, 0.29) is 11.8 Å². The summed E-state index contributed by atoms with van der Waals surface area (Å²) in [5.41, 5.74) is 5.27. The number of amides is 1. The van der Waals surface area contributed by atoms with Crippen molar-refractivity contribution in [3.05, 3.63) is 28.3 Å². The van der Waals surface area contributed by atoms with Gasteiger partial charge in [0.2, 0.25) is 5.91 Å². The fourth-order valence-electron chi connectivity index (χ4n) is 3.86. The number of aliphatic hydroxyl groups is 1. The fraction of sp³-hybridized carbons (Fsp3) is 0.611. The van der Waals surface area contributed by atoms with Gasteiger partial charge in [0.15, 0.2) is 0 Å². The lowest BCUT2D eigenvalue weighted by Crippen LogP contribution is -2.17. The Labute approximate surface area is 126 Å². The average molecular weight is 287 g/mol. The van der Waals surface area contributed by atoms with E-state index in [9.17, 15) is 9.90 Å². The summed E-state index contributed by atoms with van der Waals surface area (Å²) in [4.78, 5) is 11.9. The Morgan fingerprint density at radius 2 is 1.86 bits per heavy atom. The maximum atomic E-state index is 11.9. The Kier molecular flexibility index (Phi) is 3.78. The zero-order valence-corrected chi connectivity index (χ0v) is 13.2. The first kappa shape index (κ1) is 14.6. The summed E-state index contributed by atoms with van der Waals surface area (Å²) in [5.74, 6) is 0.323. The highest BCUT2D eigenvalue weighted by molar-refractivity contribution is 6.03. The van der Waals surface area contributed by atoms with Crippen LogP contribution < -0.4 is 5.32 Å². The molecule has 114 valence electrons. The van der Waals surface area contributed by atoms with Crippen molar-refractivity contribution in [3.63, 3.8) is 0 Å². The van der Waals surface area contributed by atoms with Crippen LogP contribution in [-0.4, -0.2) is 11.0 Å². The Morgan fingerprint density at radius 3 is 2.52 bits per heavy atom. The molecule has 3 nitrogen and oxygen atoms in total. The van der Waals surface area contributed by atoms with E-state index in [0.717, 1.165) is 40.8 Å². The lowest BCUT2D eigenvalue weighted by atomic mass is 9.80. The van der Waals surface area contributed by atoms with Crippen molar-refractivity contribution in [3.8, 4) is 0 Å². The zero-order valence-electron chi connectivity index (χ0n) is 13.2. The molecule has 2 aliphatic rings. The molecule has 1 aliphatic carbocycles. The number of aliphatic hydroxyl groups excluding tert-OH is 1. The first-order chi connectivity index (χ1) is 10.0. The van der Waals surface area contributed by atoms with Crippen LogP contribution in [0.5, 0.6) is 0 Å². The van der Waals surface area contributed by atoms with Crippen molar-refractivity contribution in [2.75, 3.05) is 5.32 Å². The van der Waals surface area contributed by atoms with Gasteiger partial charge in [-0.25, -0.2) is 0 Å². The van der Waals surface area contributed by atoms with Gasteiger partial charge in [0, 0.05) is 5.69 Å². The number of hydrogen-bond donors (Lipinski definition) is 2. The Balaban J connectivity index is 2.00. The van der Waals surface area contributed by atoms with E-state index in [2.05, 4.69) is 18.3 Å². The fourth-order valence-corrected chi connectivity index (χ4v) is 3.86. The minimum Gasteiger partial charge on any atom is -0.388 e. The van der Waals surface area contributed by atoms with Gasteiger partial charge in [0.25, 0.3) is 0 Å². The zero-order chi connectivity index (χ0) is 15.1. The molecule has 1 fully saturated rings. The molecule has 2 atom stereocenters. The molecule has 21 heavy (non-hydrogen) atoms. The second kappa shape index (κ2) is 5.45. The highest BCUT2D eigenvalue weighted by atomic mass is 16.3. The smallest absolute Gasteiger partial charge is 0.231 e. The summed E-state index contributed by atoms with van der Waals surface area (Å²) in [7, 11) is 0. The molecule has 3 heteroatoms. The molecule has 0 bridgehead atoms. The number of carbonyl (C=O) groups is 1. The predicted octanol–water partition coefficient (Wildman–Crippen LogP) is 3.97. The summed E-state index contributed by atoms with van der Waals surface area (Å²) < 4.78 is 0. The number of hydrogen-bond acceptors (Lipinski definition) is 2.